The molecule has 182 valence electrons. The fourth-order valence-corrected chi connectivity index (χ4v) is 4.36. The van der Waals surface area contributed by atoms with E-state index < -0.39 is 29.0 Å². The molecule has 10 heteroatoms. The van der Waals surface area contributed by atoms with Crippen LogP contribution in [0.4, 0.5) is 10.1 Å². The molecule has 0 radical (unpaired) electrons. The number of anilines is 1. The molecular weight excluding hydrogens is 439 g/mol. The Balaban J connectivity index is 0.00000158. The SMILES string of the molecule is CC.Cc1c(C(=O)C(=O)NC2(/C(=C/N)NN)CC2)c2n(c1C(=O)Nc1ccc(F)cc1)CCC2. The molecule has 9 nitrogen and oxygen atoms in total. The van der Waals surface area contributed by atoms with E-state index in [4.69, 9.17) is 11.6 Å². The van der Waals surface area contributed by atoms with Gasteiger partial charge in [-0.25, -0.2) is 4.39 Å². The first-order valence-electron chi connectivity index (χ1n) is 11.4. The highest BCUT2D eigenvalue weighted by atomic mass is 19.1. The molecule has 0 bridgehead atoms. The van der Waals surface area contributed by atoms with Crippen LogP contribution in [0.3, 0.4) is 0 Å². The van der Waals surface area contributed by atoms with Crippen molar-refractivity contribution < 1.29 is 18.8 Å². The van der Waals surface area contributed by atoms with E-state index in [2.05, 4.69) is 16.1 Å². The number of nitrogens with two attached hydrogens (primary N) is 2. The van der Waals surface area contributed by atoms with Crippen molar-refractivity contribution in [1.82, 2.24) is 15.3 Å². The highest BCUT2D eigenvalue weighted by molar-refractivity contribution is 6.44. The van der Waals surface area contributed by atoms with Gasteiger partial charge < -0.3 is 26.4 Å². The van der Waals surface area contributed by atoms with Gasteiger partial charge in [0.2, 0.25) is 0 Å². The number of Topliss-reactive ketones (excluding diaryl/α,β-unsaturated/α-hetero) is 1. The molecule has 7 N–H and O–H groups in total. The zero-order chi connectivity index (χ0) is 25.0. The quantitative estimate of drug-likeness (QED) is 0.182. The van der Waals surface area contributed by atoms with Crippen LogP contribution in [-0.2, 0) is 17.8 Å². The normalized spacial score (nSPS) is 15.5. The zero-order valence-corrected chi connectivity index (χ0v) is 19.6. The van der Waals surface area contributed by atoms with Gasteiger partial charge in [0.15, 0.2) is 0 Å². The maximum atomic E-state index is 13.2. The first-order valence-corrected chi connectivity index (χ1v) is 11.4. The van der Waals surface area contributed by atoms with E-state index in [-0.39, 0.29) is 5.56 Å². The summed E-state index contributed by atoms with van der Waals surface area (Å²) < 4.78 is 14.9. The molecule has 2 aliphatic rings. The number of halogens is 1. The Bertz CT molecular complexity index is 1130. The smallest absolute Gasteiger partial charge is 0.293 e. The van der Waals surface area contributed by atoms with Gasteiger partial charge in [0, 0.05) is 24.1 Å². The van der Waals surface area contributed by atoms with E-state index in [1.54, 1.807) is 11.5 Å². The van der Waals surface area contributed by atoms with Crippen molar-refractivity contribution in [1.29, 1.82) is 0 Å². The summed E-state index contributed by atoms with van der Waals surface area (Å²) in [5.41, 5.74) is 9.82. The van der Waals surface area contributed by atoms with E-state index >= 15 is 0 Å². The van der Waals surface area contributed by atoms with Crippen LogP contribution < -0.4 is 27.6 Å². The highest BCUT2D eigenvalue weighted by Gasteiger charge is 2.49. The summed E-state index contributed by atoms with van der Waals surface area (Å²) in [4.78, 5) is 39.0. The zero-order valence-electron chi connectivity index (χ0n) is 19.6. The van der Waals surface area contributed by atoms with Gasteiger partial charge in [0.1, 0.15) is 11.5 Å². The number of hydrogen-bond donors (Lipinski definition) is 5. The van der Waals surface area contributed by atoms with Gasteiger partial charge in [-0.2, -0.15) is 0 Å². The summed E-state index contributed by atoms with van der Waals surface area (Å²) >= 11 is 0. The van der Waals surface area contributed by atoms with Crippen molar-refractivity contribution in [2.45, 2.75) is 58.5 Å². The minimum atomic E-state index is -0.772. The molecule has 1 saturated carbocycles. The maximum absolute atomic E-state index is 13.2. The van der Waals surface area contributed by atoms with Crippen molar-refractivity contribution in [2.75, 3.05) is 5.32 Å². The average molecular weight is 471 g/mol. The lowest BCUT2D eigenvalue weighted by atomic mass is 10.0. The van der Waals surface area contributed by atoms with Crippen molar-refractivity contribution in [2.24, 2.45) is 11.6 Å². The molecule has 2 aromatic rings. The molecule has 34 heavy (non-hydrogen) atoms. The second kappa shape index (κ2) is 10.1. The Morgan fingerprint density at radius 2 is 1.79 bits per heavy atom. The molecule has 4 rings (SSSR count). The fourth-order valence-electron chi connectivity index (χ4n) is 4.36. The van der Waals surface area contributed by atoms with Crippen LogP contribution in [0.25, 0.3) is 0 Å². The van der Waals surface area contributed by atoms with E-state index in [1.165, 1.54) is 30.5 Å². The Morgan fingerprint density at radius 3 is 2.35 bits per heavy atom. The van der Waals surface area contributed by atoms with Crippen LogP contribution in [-0.4, -0.2) is 27.7 Å². The third-order valence-corrected chi connectivity index (χ3v) is 6.10. The molecule has 0 spiro atoms. The lowest BCUT2D eigenvalue weighted by Gasteiger charge is -2.19. The van der Waals surface area contributed by atoms with E-state index in [0.29, 0.717) is 54.1 Å². The van der Waals surface area contributed by atoms with Crippen molar-refractivity contribution in [3.05, 3.63) is 64.5 Å². The number of nitrogens with zero attached hydrogens (tertiary/aromatic N) is 1. The monoisotopic (exact) mass is 470 g/mol. The number of hydrogen-bond acceptors (Lipinski definition) is 6. The summed E-state index contributed by atoms with van der Waals surface area (Å²) in [6.07, 6.45) is 3.84. The van der Waals surface area contributed by atoms with Crippen LogP contribution in [0.1, 0.15) is 65.2 Å². The highest BCUT2D eigenvalue weighted by Crippen LogP contribution is 2.40. The molecule has 0 atom stereocenters. The number of hydrazine groups is 1. The van der Waals surface area contributed by atoms with Gasteiger partial charge in [0.05, 0.1) is 16.8 Å². The van der Waals surface area contributed by atoms with Gasteiger partial charge in [-0.15, -0.1) is 0 Å². The van der Waals surface area contributed by atoms with Gasteiger partial charge in [-0.3, -0.25) is 20.2 Å². The molecule has 2 amide bonds. The molecule has 0 saturated heterocycles. The lowest BCUT2D eigenvalue weighted by molar-refractivity contribution is -0.117. The van der Waals surface area contributed by atoms with E-state index in [0.717, 1.165) is 6.42 Å². The van der Waals surface area contributed by atoms with Gasteiger partial charge >= 0.3 is 0 Å². The Hall–Kier alpha value is -3.66. The Labute approximate surface area is 197 Å². The molecule has 1 fully saturated rings. The molecule has 1 aromatic heterocycles. The second-order valence-corrected chi connectivity index (χ2v) is 8.10. The van der Waals surface area contributed by atoms with Crippen LogP contribution in [0.5, 0.6) is 0 Å². The molecule has 0 unspecified atom stereocenters. The first kappa shape index (κ1) is 25.0. The average Bonchev–Trinajstić information content (AvgIpc) is 3.34. The second-order valence-electron chi connectivity index (χ2n) is 8.10. The summed E-state index contributed by atoms with van der Waals surface area (Å²) in [6.45, 7) is 6.23. The van der Waals surface area contributed by atoms with Crippen molar-refractivity contribution in [3.63, 3.8) is 0 Å². The summed E-state index contributed by atoms with van der Waals surface area (Å²) in [5.74, 6) is 3.17. The van der Waals surface area contributed by atoms with Crippen molar-refractivity contribution >= 4 is 23.3 Å². The molecular formula is C24H31FN6O3. The van der Waals surface area contributed by atoms with Crippen molar-refractivity contribution in [3.8, 4) is 0 Å². The molecule has 1 aliphatic heterocycles. The minimum absolute atomic E-state index is 0.249. The Kier molecular flexibility index (Phi) is 7.41. The number of amides is 2. The van der Waals surface area contributed by atoms with Gasteiger partial charge in [0.25, 0.3) is 17.6 Å². The predicted octanol–water partition coefficient (Wildman–Crippen LogP) is 2.26. The summed E-state index contributed by atoms with van der Waals surface area (Å²) in [6, 6.07) is 5.41. The maximum Gasteiger partial charge on any atom is 0.293 e. The van der Waals surface area contributed by atoms with Crippen LogP contribution in [0.2, 0.25) is 0 Å². The number of ketones is 1. The van der Waals surface area contributed by atoms with Crippen LogP contribution in [0.15, 0.2) is 36.2 Å². The lowest BCUT2D eigenvalue weighted by Crippen LogP contribution is -2.47. The summed E-state index contributed by atoms with van der Waals surface area (Å²) in [7, 11) is 0. The number of benzene rings is 1. The fraction of sp³-hybridized carbons (Fsp3) is 0.375. The van der Waals surface area contributed by atoms with Gasteiger partial charge in [-0.05, 0) is 62.4 Å². The number of nitrogens with one attached hydrogen (secondary N) is 3. The number of rotatable bonds is 7. The van der Waals surface area contributed by atoms with Crippen LogP contribution in [0, 0.1) is 12.7 Å². The molecule has 2 heterocycles. The number of fused-ring (bicyclic) bond motifs is 1. The standard InChI is InChI=1S/C22H25FN6O3.C2H6/c1-12-17(19(30)21(32)27-22(8-9-22)16(11-24)28-25)15-3-2-10-29(15)18(12)20(31)26-14-6-4-13(23)5-7-14;1-2/h4-7,11,28H,2-3,8-10,24-25H2,1H3,(H,26,31)(H,27,32);1-2H3/b16-11-;. The Morgan fingerprint density at radius 1 is 1.15 bits per heavy atom. The van der Waals surface area contributed by atoms with E-state index in [1.807, 2.05) is 13.8 Å². The third kappa shape index (κ3) is 4.54. The largest absolute Gasteiger partial charge is 0.403 e. The number of carbonyl (C=O) groups is 3. The number of carbonyl (C=O) groups excluding carboxylic acids is 3. The number of aromatic nitrogens is 1. The van der Waals surface area contributed by atoms with Crippen LogP contribution >= 0.6 is 0 Å². The summed E-state index contributed by atoms with van der Waals surface area (Å²) in [5, 5.41) is 5.48. The minimum Gasteiger partial charge on any atom is -0.403 e. The molecule has 1 aliphatic carbocycles. The van der Waals surface area contributed by atoms with Gasteiger partial charge in [-0.1, -0.05) is 13.8 Å². The predicted molar refractivity (Wildman–Crippen MR) is 127 cm³/mol. The topological polar surface area (TPSA) is 144 Å². The third-order valence-electron chi connectivity index (χ3n) is 6.10. The molecule has 1 aromatic carbocycles. The first-order chi connectivity index (χ1) is 16.3. The van der Waals surface area contributed by atoms with E-state index in [9.17, 15) is 18.8 Å².